The van der Waals surface area contributed by atoms with Crippen LogP contribution >= 0.6 is 0 Å². The van der Waals surface area contributed by atoms with Gasteiger partial charge in [-0.25, -0.2) is 4.39 Å². The quantitative estimate of drug-likeness (QED) is 0.720. The highest BCUT2D eigenvalue weighted by Gasteiger charge is 2.14. The van der Waals surface area contributed by atoms with Crippen molar-refractivity contribution >= 4 is 28.4 Å². The molecule has 0 saturated carbocycles. The average molecular weight is 379 g/mol. The van der Waals surface area contributed by atoms with E-state index in [1.54, 1.807) is 19.1 Å². The van der Waals surface area contributed by atoms with Crippen LogP contribution in [-0.2, 0) is 4.79 Å². The molecule has 2 N–H and O–H groups in total. The molecule has 0 atom stereocenters. The fourth-order valence-corrected chi connectivity index (χ4v) is 3.28. The summed E-state index contributed by atoms with van der Waals surface area (Å²) in [5.41, 5.74) is 5.14. The lowest BCUT2D eigenvalue weighted by atomic mass is 10.1. The van der Waals surface area contributed by atoms with Gasteiger partial charge in [0.25, 0.3) is 5.91 Å². The Balaban J connectivity index is 1.70. The molecule has 5 nitrogen and oxygen atoms in total. The smallest absolute Gasteiger partial charge is 0.253 e. The van der Waals surface area contributed by atoms with Gasteiger partial charge in [-0.3, -0.25) is 14.6 Å². The van der Waals surface area contributed by atoms with Crippen LogP contribution in [0, 0.1) is 33.5 Å². The van der Waals surface area contributed by atoms with Gasteiger partial charge < -0.3 is 10.6 Å². The standard InChI is InChI=1S/C22H22FN3O2/c1-12-7-13(2)21(14(3)8-12)26-20(27)11-24-22(28)18-9-16-5-6-17(23)10-19(16)25-15(18)4/h5-10H,11H2,1-4H3,(H,24,28)(H,26,27). The Hall–Kier alpha value is -3.28. The molecule has 0 spiro atoms. The molecule has 144 valence electrons. The van der Waals surface area contributed by atoms with Gasteiger partial charge in [-0.1, -0.05) is 17.7 Å². The highest BCUT2D eigenvalue weighted by molar-refractivity contribution is 6.02. The van der Waals surface area contributed by atoms with Crippen molar-refractivity contribution in [3.8, 4) is 0 Å². The van der Waals surface area contributed by atoms with Gasteiger partial charge in [0.2, 0.25) is 5.91 Å². The van der Waals surface area contributed by atoms with Gasteiger partial charge in [0, 0.05) is 17.1 Å². The number of aromatic nitrogens is 1. The van der Waals surface area contributed by atoms with Gasteiger partial charge in [0.05, 0.1) is 23.3 Å². The Morgan fingerprint density at radius 1 is 1.00 bits per heavy atom. The van der Waals surface area contributed by atoms with E-state index < -0.39 is 5.91 Å². The first kappa shape index (κ1) is 19.5. The number of aryl methyl sites for hydroxylation is 4. The zero-order chi connectivity index (χ0) is 20.4. The number of carbonyl (C=O) groups excluding carboxylic acids is 2. The molecule has 2 aromatic carbocycles. The van der Waals surface area contributed by atoms with E-state index >= 15 is 0 Å². The van der Waals surface area contributed by atoms with E-state index in [2.05, 4.69) is 15.6 Å². The molecular weight excluding hydrogens is 357 g/mol. The van der Waals surface area contributed by atoms with Gasteiger partial charge >= 0.3 is 0 Å². The summed E-state index contributed by atoms with van der Waals surface area (Å²) in [5, 5.41) is 6.13. The number of halogens is 1. The molecule has 0 aliphatic carbocycles. The van der Waals surface area contributed by atoms with Crippen LogP contribution in [0.5, 0.6) is 0 Å². The third kappa shape index (κ3) is 4.17. The van der Waals surface area contributed by atoms with Gasteiger partial charge in [-0.15, -0.1) is 0 Å². The van der Waals surface area contributed by atoms with Crippen LogP contribution in [0.4, 0.5) is 10.1 Å². The molecule has 3 rings (SSSR count). The fraction of sp³-hybridized carbons (Fsp3) is 0.227. The lowest BCUT2D eigenvalue weighted by molar-refractivity contribution is -0.115. The van der Waals surface area contributed by atoms with Crippen molar-refractivity contribution in [1.29, 1.82) is 0 Å². The van der Waals surface area contributed by atoms with Crippen LogP contribution in [0.3, 0.4) is 0 Å². The van der Waals surface area contributed by atoms with E-state index in [9.17, 15) is 14.0 Å². The van der Waals surface area contributed by atoms with E-state index in [4.69, 9.17) is 0 Å². The predicted octanol–water partition coefficient (Wildman–Crippen LogP) is 3.98. The number of nitrogens with zero attached hydrogens (tertiary/aromatic N) is 1. The highest BCUT2D eigenvalue weighted by atomic mass is 19.1. The normalized spacial score (nSPS) is 10.8. The van der Waals surface area contributed by atoms with Crippen molar-refractivity contribution < 1.29 is 14.0 Å². The fourth-order valence-electron chi connectivity index (χ4n) is 3.28. The predicted molar refractivity (Wildman–Crippen MR) is 108 cm³/mol. The molecule has 3 aromatic rings. The minimum absolute atomic E-state index is 0.160. The largest absolute Gasteiger partial charge is 0.343 e. The molecule has 1 aromatic heterocycles. The summed E-state index contributed by atoms with van der Waals surface area (Å²) >= 11 is 0. The molecule has 0 aliphatic heterocycles. The van der Waals surface area contributed by atoms with E-state index in [0.29, 0.717) is 22.2 Å². The molecule has 6 heteroatoms. The maximum absolute atomic E-state index is 13.3. The first-order chi connectivity index (χ1) is 13.2. The number of anilines is 1. The second-order valence-electron chi connectivity index (χ2n) is 6.96. The van der Waals surface area contributed by atoms with Crippen molar-refractivity contribution in [2.45, 2.75) is 27.7 Å². The summed E-state index contributed by atoms with van der Waals surface area (Å²) in [4.78, 5) is 29.1. The lowest BCUT2D eigenvalue weighted by Gasteiger charge is -2.13. The second-order valence-corrected chi connectivity index (χ2v) is 6.96. The topological polar surface area (TPSA) is 71.1 Å². The molecule has 0 unspecified atom stereocenters. The first-order valence-corrected chi connectivity index (χ1v) is 8.97. The summed E-state index contributed by atoms with van der Waals surface area (Å²) in [6, 6.07) is 9.86. The van der Waals surface area contributed by atoms with Crippen LogP contribution in [0.15, 0.2) is 36.4 Å². The molecule has 0 bridgehead atoms. The minimum Gasteiger partial charge on any atom is -0.343 e. The van der Waals surface area contributed by atoms with Crippen molar-refractivity contribution in [2.75, 3.05) is 11.9 Å². The van der Waals surface area contributed by atoms with Crippen LogP contribution in [0.25, 0.3) is 10.9 Å². The lowest BCUT2D eigenvalue weighted by Crippen LogP contribution is -2.33. The molecule has 2 amide bonds. The van der Waals surface area contributed by atoms with E-state index in [1.165, 1.54) is 12.1 Å². The number of rotatable bonds is 4. The Bertz CT molecular complexity index is 1070. The maximum atomic E-state index is 13.3. The second kappa shape index (κ2) is 7.76. The number of hydrogen-bond acceptors (Lipinski definition) is 3. The zero-order valence-corrected chi connectivity index (χ0v) is 16.3. The van der Waals surface area contributed by atoms with E-state index in [1.807, 2.05) is 32.9 Å². The first-order valence-electron chi connectivity index (χ1n) is 8.97. The van der Waals surface area contributed by atoms with Gasteiger partial charge in [0.15, 0.2) is 0 Å². The SMILES string of the molecule is Cc1cc(C)c(NC(=O)CNC(=O)c2cc3ccc(F)cc3nc2C)c(C)c1. The summed E-state index contributed by atoms with van der Waals surface area (Å²) < 4.78 is 13.3. The molecule has 28 heavy (non-hydrogen) atoms. The Morgan fingerprint density at radius 3 is 2.36 bits per heavy atom. The number of hydrogen-bond donors (Lipinski definition) is 2. The number of fused-ring (bicyclic) bond motifs is 1. The summed E-state index contributed by atoms with van der Waals surface area (Å²) in [6.45, 7) is 7.38. The summed E-state index contributed by atoms with van der Waals surface area (Å²) in [7, 11) is 0. The Morgan fingerprint density at radius 2 is 1.68 bits per heavy atom. The zero-order valence-electron chi connectivity index (χ0n) is 16.3. The molecule has 0 saturated heterocycles. The Labute approximate surface area is 163 Å². The van der Waals surface area contributed by atoms with Crippen molar-refractivity contribution in [2.24, 2.45) is 0 Å². The number of benzene rings is 2. The van der Waals surface area contributed by atoms with Gasteiger partial charge in [-0.05, 0) is 57.0 Å². The van der Waals surface area contributed by atoms with Crippen molar-refractivity contribution in [3.63, 3.8) is 0 Å². The van der Waals surface area contributed by atoms with Crippen LogP contribution < -0.4 is 10.6 Å². The number of pyridine rings is 1. The number of carbonyl (C=O) groups is 2. The Kier molecular flexibility index (Phi) is 5.40. The molecule has 1 heterocycles. The molecule has 0 aliphatic rings. The van der Waals surface area contributed by atoms with Gasteiger partial charge in [0.1, 0.15) is 5.82 Å². The summed E-state index contributed by atoms with van der Waals surface area (Å²) in [6.07, 6.45) is 0. The summed E-state index contributed by atoms with van der Waals surface area (Å²) in [5.74, 6) is -1.09. The third-order valence-corrected chi connectivity index (χ3v) is 4.57. The average Bonchev–Trinajstić information content (AvgIpc) is 2.62. The maximum Gasteiger partial charge on any atom is 0.253 e. The minimum atomic E-state index is -0.399. The van der Waals surface area contributed by atoms with Gasteiger partial charge in [-0.2, -0.15) is 0 Å². The van der Waals surface area contributed by atoms with Crippen LogP contribution in [-0.4, -0.2) is 23.3 Å². The number of amides is 2. The monoisotopic (exact) mass is 379 g/mol. The van der Waals surface area contributed by atoms with Crippen molar-refractivity contribution in [3.05, 3.63) is 70.2 Å². The van der Waals surface area contributed by atoms with E-state index in [-0.39, 0.29) is 18.3 Å². The van der Waals surface area contributed by atoms with E-state index in [0.717, 1.165) is 22.4 Å². The highest BCUT2D eigenvalue weighted by Crippen LogP contribution is 2.22. The van der Waals surface area contributed by atoms with Crippen molar-refractivity contribution in [1.82, 2.24) is 10.3 Å². The third-order valence-electron chi connectivity index (χ3n) is 4.57. The molecule has 0 radical (unpaired) electrons. The van der Waals surface area contributed by atoms with Crippen LogP contribution in [0.2, 0.25) is 0 Å². The molecule has 0 fully saturated rings. The molecular formula is C22H22FN3O2. The number of nitrogens with one attached hydrogen (secondary N) is 2. The van der Waals surface area contributed by atoms with Crippen LogP contribution in [0.1, 0.15) is 32.7 Å².